The molecule has 1 atom stereocenters. The van der Waals surface area contributed by atoms with Crippen molar-refractivity contribution in [3.63, 3.8) is 0 Å². The Morgan fingerprint density at radius 3 is 2.48 bits per heavy atom. The van der Waals surface area contributed by atoms with Gasteiger partial charge < -0.3 is 14.5 Å². The lowest BCUT2D eigenvalue weighted by Crippen LogP contribution is -2.50. The van der Waals surface area contributed by atoms with Crippen molar-refractivity contribution in [2.45, 2.75) is 58.6 Å². The van der Waals surface area contributed by atoms with Crippen LogP contribution in [0.5, 0.6) is 0 Å². The number of ether oxygens (including phenoxy) is 1. The van der Waals surface area contributed by atoms with E-state index in [1.807, 2.05) is 27.0 Å². The second-order valence-electron chi connectivity index (χ2n) is 8.54. The van der Waals surface area contributed by atoms with Gasteiger partial charge in [-0.05, 0) is 58.3 Å². The molecule has 6 heteroatoms. The Balaban J connectivity index is 1.56. The van der Waals surface area contributed by atoms with Crippen LogP contribution in [0.2, 0.25) is 0 Å². The maximum absolute atomic E-state index is 12.2. The number of hydrogen-bond acceptors (Lipinski definition) is 5. The number of amides is 1. The van der Waals surface area contributed by atoms with Gasteiger partial charge in [-0.1, -0.05) is 19.4 Å². The van der Waals surface area contributed by atoms with Gasteiger partial charge in [-0.25, -0.2) is 9.78 Å². The molecule has 2 fully saturated rings. The van der Waals surface area contributed by atoms with Crippen molar-refractivity contribution >= 4 is 11.9 Å². The van der Waals surface area contributed by atoms with Crippen LogP contribution in [0, 0.1) is 0 Å². The molecule has 0 aliphatic carbocycles. The molecule has 2 saturated heterocycles. The third kappa shape index (κ3) is 5.12. The fourth-order valence-electron chi connectivity index (χ4n) is 3.97. The molecule has 6 nitrogen and oxygen atoms in total. The summed E-state index contributed by atoms with van der Waals surface area (Å²) in [6.45, 7) is 13.1. The van der Waals surface area contributed by atoms with Crippen LogP contribution in [0.15, 0.2) is 18.3 Å². The molecule has 150 valence electrons. The SMILES string of the molecule is CCN1CCCC[C@@H]1c1ccc(N2CCN(C(=O)OC(C)(C)C)CC2)nc1. The van der Waals surface area contributed by atoms with E-state index in [-0.39, 0.29) is 6.09 Å². The summed E-state index contributed by atoms with van der Waals surface area (Å²) in [4.78, 5) is 23.5. The van der Waals surface area contributed by atoms with Gasteiger partial charge in [-0.2, -0.15) is 0 Å². The molecule has 0 unspecified atom stereocenters. The van der Waals surface area contributed by atoms with Crippen molar-refractivity contribution in [1.29, 1.82) is 0 Å². The fourth-order valence-corrected chi connectivity index (χ4v) is 3.97. The first kappa shape index (κ1) is 19.9. The van der Waals surface area contributed by atoms with Gasteiger partial charge in [0.05, 0.1) is 0 Å². The highest BCUT2D eigenvalue weighted by Gasteiger charge is 2.27. The Hall–Kier alpha value is -1.82. The summed E-state index contributed by atoms with van der Waals surface area (Å²) in [6, 6.07) is 4.89. The number of anilines is 1. The molecule has 0 radical (unpaired) electrons. The highest BCUT2D eigenvalue weighted by molar-refractivity contribution is 5.68. The van der Waals surface area contributed by atoms with E-state index >= 15 is 0 Å². The fraction of sp³-hybridized carbons (Fsp3) is 0.714. The van der Waals surface area contributed by atoms with Crippen molar-refractivity contribution in [1.82, 2.24) is 14.8 Å². The zero-order valence-corrected chi connectivity index (χ0v) is 17.3. The van der Waals surface area contributed by atoms with E-state index in [1.165, 1.54) is 31.4 Å². The average molecular weight is 375 g/mol. The minimum atomic E-state index is -0.447. The summed E-state index contributed by atoms with van der Waals surface area (Å²) in [5, 5.41) is 0. The number of hydrogen-bond donors (Lipinski definition) is 0. The number of likely N-dealkylation sites (tertiary alicyclic amines) is 1. The second kappa shape index (κ2) is 8.46. The summed E-state index contributed by atoms with van der Waals surface area (Å²) in [6.07, 6.45) is 5.66. The summed E-state index contributed by atoms with van der Waals surface area (Å²) < 4.78 is 5.47. The quantitative estimate of drug-likeness (QED) is 0.808. The summed E-state index contributed by atoms with van der Waals surface area (Å²) >= 11 is 0. The molecule has 3 heterocycles. The van der Waals surface area contributed by atoms with Crippen LogP contribution in [0.1, 0.15) is 58.6 Å². The van der Waals surface area contributed by atoms with Gasteiger partial charge in [0.25, 0.3) is 0 Å². The second-order valence-corrected chi connectivity index (χ2v) is 8.54. The molecule has 2 aliphatic heterocycles. The van der Waals surface area contributed by atoms with Gasteiger partial charge in [0.2, 0.25) is 0 Å². The highest BCUT2D eigenvalue weighted by atomic mass is 16.6. The van der Waals surface area contributed by atoms with Crippen molar-refractivity contribution in [3.8, 4) is 0 Å². The van der Waals surface area contributed by atoms with E-state index in [2.05, 4.69) is 28.9 Å². The zero-order chi connectivity index (χ0) is 19.4. The normalized spacial score (nSPS) is 22.0. The van der Waals surface area contributed by atoms with Crippen molar-refractivity contribution in [2.24, 2.45) is 0 Å². The molecule has 0 saturated carbocycles. The monoisotopic (exact) mass is 374 g/mol. The van der Waals surface area contributed by atoms with Crippen LogP contribution >= 0.6 is 0 Å². The highest BCUT2D eigenvalue weighted by Crippen LogP contribution is 2.30. The predicted octanol–water partition coefficient (Wildman–Crippen LogP) is 3.69. The molecule has 3 rings (SSSR count). The van der Waals surface area contributed by atoms with Crippen molar-refractivity contribution in [3.05, 3.63) is 23.9 Å². The van der Waals surface area contributed by atoms with Gasteiger partial charge in [0.15, 0.2) is 0 Å². The number of carbonyl (C=O) groups excluding carboxylic acids is 1. The maximum Gasteiger partial charge on any atom is 0.410 e. The molecule has 0 aromatic carbocycles. The Morgan fingerprint density at radius 2 is 1.89 bits per heavy atom. The number of aromatic nitrogens is 1. The lowest BCUT2D eigenvalue weighted by molar-refractivity contribution is 0.0240. The number of piperidine rings is 1. The minimum Gasteiger partial charge on any atom is -0.444 e. The molecule has 0 spiro atoms. The molecule has 0 N–H and O–H groups in total. The van der Waals surface area contributed by atoms with E-state index in [0.717, 1.165) is 25.5 Å². The zero-order valence-electron chi connectivity index (χ0n) is 17.3. The number of rotatable bonds is 3. The van der Waals surface area contributed by atoms with Gasteiger partial charge in [0, 0.05) is 38.4 Å². The van der Waals surface area contributed by atoms with Crippen LogP contribution < -0.4 is 4.90 Å². The smallest absolute Gasteiger partial charge is 0.410 e. The summed E-state index contributed by atoms with van der Waals surface area (Å²) in [5.41, 5.74) is 0.879. The Morgan fingerprint density at radius 1 is 1.15 bits per heavy atom. The van der Waals surface area contributed by atoms with Crippen LogP contribution in [-0.2, 0) is 4.74 Å². The number of piperazine rings is 1. The number of carbonyl (C=O) groups is 1. The van der Waals surface area contributed by atoms with Gasteiger partial charge in [-0.15, -0.1) is 0 Å². The van der Waals surface area contributed by atoms with E-state index in [0.29, 0.717) is 19.1 Å². The lowest BCUT2D eigenvalue weighted by Gasteiger charge is -2.37. The van der Waals surface area contributed by atoms with Crippen molar-refractivity contribution in [2.75, 3.05) is 44.2 Å². The van der Waals surface area contributed by atoms with E-state index < -0.39 is 5.60 Å². The van der Waals surface area contributed by atoms with Crippen LogP contribution in [0.25, 0.3) is 0 Å². The van der Waals surface area contributed by atoms with Crippen molar-refractivity contribution < 1.29 is 9.53 Å². The minimum absolute atomic E-state index is 0.220. The third-order valence-electron chi connectivity index (χ3n) is 5.43. The van der Waals surface area contributed by atoms with Gasteiger partial charge >= 0.3 is 6.09 Å². The summed E-state index contributed by atoms with van der Waals surface area (Å²) in [7, 11) is 0. The first-order valence-corrected chi connectivity index (χ1v) is 10.3. The van der Waals surface area contributed by atoms with Gasteiger partial charge in [-0.3, -0.25) is 4.90 Å². The molecule has 0 bridgehead atoms. The molecular weight excluding hydrogens is 340 g/mol. The van der Waals surface area contributed by atoms with Gasteiger partial charge in [0.1, 0.15) is 11.4 Å². The molecule has 1 amide bonds. The Labute approximate surface area is 163 Å². The number of nitrogens with zero attached hydrogens (tertiary/aromatic N) is 4. The first-order valence-electron chi connectivity index (χ1n) is 10.3. The number of pyridine rings is 1. The maximum atomic E-state index is 12.2. The molecule has 1 aromatic rings. The molecule has 27 heavy (non-hydrogen) atoms. The molecular formula is C21H34N4O2. The molecule has 2 aliphatic rings. The Bertz CT molecular complexity index is 618. The van der Waals surface area contributed by atoms with Crippen LogP contribution in [0.3, 0.4) is 0 Å². The standard InChI is InChI=1S/C21H34N4O2/c1-5-23-11-7-6-8-18(23)17-9-10-19(22-16-17)24-12-14-25(15-13-24)20(26)27-21(2,3)4/h9-10,16,18H,5-8,11-15H2,1-4H3/t18-/m1/s1. The topological polar surface area (TPSA) is 48.9 Å². The molecule has 1 aromatic heterocycles. The predicted molar refractivity (Wildman–Crippen MR) is 108 cm³/mol. The first-order chi connectivity index (χ1) is 12.9. The Kier molecular flexibility index (Phi) is 6.25. The van der Waals surface area contributed by atoms with E-state index in [4.69, 9.17) is 9.72 Å². The van der Waals surface area contributed by atoms with Crippen LogP contribution in [0.4, 0.5) is 10.6 Å². The summed E-state index contributed by atoms with van der Waals surface area (Å²) in [5.74, 6) is 1.00. The average Bonchev–Trinajstić information content (AvgIpc) is 2.67. The largest absolute Gasteiger partial charge is 0.444 e. The van der Waals surface area contributed by atoms with E-state index in [9.17, 15) is 4.79 Å². The van der Waals surface area contributed by atoms with E-state index in [1.54, 1.807) is 4.90 Å². The lowest BCUT2D eigenvalue weighted by atomic mass is 9.96. The van der Waals surface area contributed by atoms with Crippen LogP contribution in [-0.4, -0.2) is 65.7 Å². The third-order valence-corrected chi connectivity index (χ3v) is 5.43.